The highest BCUT2D eigenvalue weighted by Crippen LogP contribution is 2.48. The number of alkyl halides is 1. The molecule has 1 aromatic heterocycles. The van der Waals surface area contributed by atoms with Crippen molar-refractivity contribution in [3.05, 3.63) is 23.9 Å². The Labute approximate surface area is 106 Å². The van der Waals surface area contributed by atoms with Gasteiger partial charge >= 0.3 is 0 Å². The lowest BCUT2D eigenvalue weighted by molar-refractivity contribution is -0.0902. The maximum atomic E-state index is 6.34. The molecule has 0 radical (unpaired) electrons. The molecule has 3 unspecified atom stereocenters. The molecule has 3 nitrogen and oxygen atoms in total. The van der Waals surface area contributed by atoms with Crippen molar-refractivity contribution in [3.63, 3.8) is 0 Å². The Morgan fingerprint density at radius 3 is 3.18 bits per heavy atom. The van der Waals surface area contributed by atoms with Crippen molar-refractivity contribution >= 4 is 11.6 Å². The molecule has 5 rings (SSSR count). The molecule has 0 N–H and O–H groups in total. The minimum absolute atomic E-state index is 0.0413. The van der Waals surface area contributed by atoms with Crippen molar-refractivity contribution in [3.8, 4) is 5.88 Å². The monoisotopic (exact) mass is 250 g/mol. The standard InChI is InChI=1S/C13H15ClN2O/c14-11-6-10-3-5-16(11)8-13(10)7-9-2-1-4-15-12(9)17-13/h1-2,4,10-11H,3,5-8H2/t10?,11?,13-/m0/s1. The average Bonchev–Trinajstić information content (AvgIpc) is 2.69. The lowest BCUT2D eigenvalue weighted by Gasteiger charge is -2.52. The fraction of sp³-hybridized carbons (Fsp3) is 0.615. The second-order valence-corrected chi connectivity index (χ2v) is 5.94. The molecule has 4 aliphatic heterocycles. The number of rotatable bonds is 0. The Hall–Kier alpha value is -0.800. The summed E-state index contributed by atoms with van der Waals surface area (Å²) in [6.07, 6.45) is 5.07. The summed E-state index contributed by atoms with van der Waals surface area (Å²) in [5.41, 5.74) is 1.42. The summed E-state index contributed by atoms with van der Waals surface area (Å²) in [6, 6.07) is 4.12. The molecule has 90 valence electrons. The Balaban J connectivity index is 1.69. The number of aromatic nitrogens is 1. The molecule has 3 saturated heterocycles. The molecule has 0 aromatic carbocycles. The van der Waals surface area contributed by atoms with Gasteiger partial charge in [0.15, 0.2) is 0 Å². The Bertz CT molecular complexity index is 439. The molecule has 17 heavy (non-hydrogen) atoms. The topological polar surface area (TPSA) is 25.4 Å². The molecule has 4 heteroatoms. The molecule has 4 aliphatic rings. The van der Waals surface area contributed by atoms with E-state index in [-0.39, 0.29) is 11.1 Å². The minimum Gasteiger partial charge on any atom is -0.469 e. The molecular formula is C13H15ClN2O. The first kappa shape index (κ1) is 10.2. The van der Waals surface area contributed by atoms with Crippen LogP contribution >= 0.6 is 11.6 Å². The number of pyridine rings is 1. The summed E-state index contributed by atoms with van der Waals surface area (Å²) < 4.78 is 6.21. The van der Waals surface area contributed by atoms with E-state index in [9.17, 15) is 0 Å². The molecule has 1 spiro atoms. The van der Waals surface area contributed by atoms with E-state index in [0.717, 1.165) is 31.8 Å². The van der Waals surface area contributed by atoms with E-state index in [0.29, 0.717) is 5.92 Å². The van der Waals surface area contributed by atoms with Gasteiger partial charge in [-0.3, -0.25) is 4.90 Å². The van der Waals surface area contributed by atoms with Crippen LogP contribution in [0.5, 0.6) is 5.88 Å². The molecule has 2 bridgehead atoms. The van der Waals surface area contributed by atoms with Crippen LogP contribution in [0.4, 0.5) is 0 Å². The van der Waals surface area contributed by atoms with Gasteiger partial charge in [0.05, 0.1) is 5.50 Å². The van der Waals surface area contributed by atoms with Crippen LogP contribution in [0.1, 0.15) is 18.4 Å². The van der Waals surface area contributed by atoms with Crippen molar-refractivity contribution in [2.75, 3.05) is 13.1 Å². The van der Waals surface area contributed by atoms with Gasteiger partial charge in [0, 0.05) is 37.2 Å². The zero-order valence-corrected chi connectivity index (χ0v) is 10.4. The van der Waals surface area contributed by atoms with Crippen molar-refractivity contribution in [2.24, 2.45) is 5.92 Å². The highest BCUT2D eigenvalue weighted by Gasteiger charge is 2.54. The number of ether oxygens (including phenoxy) is 1. The highest BCUT2D eigenvalue weighted by molar-refractivity contribution is 6.20. The van der Waals surface area contributed by atoms with Gasteiger partial charge < -0.3 is 4.74 Å². The minimum atomic E-state index is -0.0413. The molecule has 4 atom stereocenters. The fourth-order valence-corrected chi connectivity index (χ4v) is 3.99. The SMILES string of the molecule is ClC1CC2CCN1C[C@@]21Cc2cccnc2O1. The second kappa shape index (κ2) is 3.36. The van der Waals surface area contributed by atoms with Crippen molar-refractivity contribution < 1.29 is 4.74 Å². The van der Waals surface area contributed by atoms with E-state index in [4.69, 9.17) is 16.3 Å². The largest absolute Gasteiger partial charge is 0.469 e. The van der Waals surface area contributed by atoms with E-state index in [1.165, 1.54) is 12.0 Å². The van der Waals surface area contributed by atoms with Crippen LogP contribution in [-0.4, -0.2) is 34.1 Å². The van der Waals surface area contributed by atoms with Gasteiger partial charge in [0.2, 0.25) is 5.88 Å². The normalized spacial score (nSPS) is 42.5. The summed E-state index contributed by atoms with van der Waals surface area (Å²) in [5, 5.41) is 0. The summed E-state index contributed by atoms with van der Waals surface area (Å²) >= 11 is 6.34. The maximum Gasteiger partial charge on any atom is 0.217 e. The zero-order chi connectivity index (χ0) is 11.5. The van der Waals surface area contributed by atoms with Crippen LogP contribution in [0.2, 0.25) is 0 Å². The number of halogens is 1. The Kier molecular flexibility index (Phi) is 2.01. The third-order valence-electron chi connectivity index (χ3n) is 4.49. The number of nitrogens with zero attached hydrogens (tertiary/aromatic N) is 2. The molecule has 5 heterocycles. The van der Waals surface area contributed by atoms with Crippen LogP contribution in [0.15, 0.2) is 18.3 Å². The van der Waals surface area contributed by atoms with Crippen LogP contribution in [0, 0.1) is 5.92 Å². The molecule has 0 aliphatic carbocycles. The van der Waals surface area contributed by atoms with Crippen LogP contribution < -0.4 is 4.74 Å². The highest BCUT2D eigenvalue weighted by atomic mass is 35.5. The van der Waals surface area contributed by atoms with Crippen molar-refractivity contribution in [2.45, 2.75) is 30.4 Å². The van der Waals surface area contributed by atoms with Gasteiger partial charge in [-0.2, -0.15) is 0 Å². The van der Waals surface area contributed by atoms with Crippen LogP contribution in [-0.2, 0) is 6.42 Å². The number of fused-ring (bicyclic) bond motifs is 3. The van der Waals surface area contributed by atoms with Gasteiger partial charge in [-0.1, -0.05) is 6.07 Å². The third-order valence-corrected chi connectivity index (χ3v) is 4.95. The molecule has 0 saturated carbocycles. The van der Waals surface area contributed by atoms with Crippen LogP contribution in [0.25, 0.3) is 0 Å². The lowest BCUT2D eigenvalue weighted by Crippen LogP contribution is -2.63. The van der Waals surface area contributed by atoms with E-state index < -0.39 is 0 Å². The fourth-order valence-electron chi connectivity index (χ4n) is 3.61. The molecule has 1 aromatic rings. The number of hydrogen-bond acceptors (Lipinski definition) is 3. The van der Waals surface area contributed by atoms with Gasteiger partial charge in [-0.15, -0.1) is 11.6 Å². The Morgan fingerprint density at radius 2 is 2.47 bits per heavy atom. The first-order chi connectivity index (χ1) is 8.27. The maximum absolute atomic E-state index is 6.34. The number of piperidine rings is 3. The van der Waals surface area contributed by atoms with Gasteiger partial charge in [0.1, 0.15) is 5.60 Å². The van der Waals surface area contributed by atoms with Crippen molar-refractivity contribution in [1.82, 2.24) is 9.88 Å². The van der Waals surface area contributed by atoms with Crippen LogP contribution in [0.3, 0.4) is 0 Å². The van der Waals surface area contributed by atoms with E-state index in [2.05, 4.69) is 16.0 Å². The summed E-state index contributed by atoms with van der Waals surface area (Å²) in [4.78, 5) is 6.69. The third kappa shape index (κ3) is 1.36. The first-order valence-electron chi connectivity index (χ1n) is 6.28. The quantitative estimate of drug-likeness (QED) is 0.521. The van der Waals surface area contributed by atoms with Crippen molar-refractivity contribution in [1.29, 1.82) is 0 Å². The number of hydrogen-bond donors (Lipinski definition) is 0. The Morgan fingerprint density at radius 1 is 1.53 bits per heavy atom. The van der Waals surface area contributed by atoms with E-state index in [1.54, 1.807) is 0 Å². The van der Waals surface area contributed by atoms with E-state index in [1.807, 2.05) is 12.3 Å². The zero-order valence-electron chi connectivity index (χ0n) is 9.60. The predicted molar refractivity (Wildman–Crippen MR) is 65.2 cm³/mol. The average molecular weight is 251 g/mol. The lowest BCUT2D eigenvalue weighted by atomic mass is 9.73. The smallest absolute Gasteiger partial charge is 0.217 e. The van der Waals surface area contributed by atoms with Gasteiger partial charge in [-0.25, -0.2) is 4.98 Å². The molecule has 3 fully saturated rings. The molecular weight excluding hydrogens is 236 g/mol. The summed E-state index contributed by atoms with van der Waals surface area (Å²) in [6.45, 7) is 2.08. The van der Waals surface area contributed by atoms with Gasteiger partial charge in [-0.05, 0) is 18.9 Å². The first-order valence-corrected chi connectivity index (χ1v) is 6.71. The molecule has 0 amide bonds. The van der Waals surface area contributed by atoms with Gasteiger partial charge in [0.25, 0.3) is 0 Å². The second-order valence-electron chi connectivity index (χ2n) is 5.44. The summed E-state index contributed by atoms with van der Waals surface area (Å²) in [7, 11) is 0. The summed E-state index contributed by atoms with van der Waals surface area (Å²) in [5.74, 6) is 1.43. The van der Waals surface area contributed by atoms with E-state index >= 15 is 0 Å². The predicted octanol–water partition coefficient (Wildman–Crippen LogP) is 2.05.